The second kappa shape index (κ2) is 9.15. The van der Waals surface area contributed by atoms with E-state index in [9.17, 15) is 17.6 Å². The molecule has 0 saturated carbocycles. The molecule has 2 aliphatic rings. The average Bonchev–Trinajstić information content (AvgIpc) is 2.98. The molecule has 172 valence electrons. The van der Waals surface area contributed by atoms with Crippen LogP contribution >= 0.6 is 11.6 Å². The van der Waals surface area contributed by atoms with E-state index in [1.165, 1.54) is 24.3 Å². The van der Waals surface area contributed by atoms with Gasteiger partial charge in [0, 0.05) is 29.9 Å². The van der Waals surface area contributed by atoms with Crippen molar-refractivity contribution in [1.29, 1.82) is 0 Å². The van der Waals surface area contributed by atoms with Crippen molar-refractivity contribution in [3.05, 3.63) is 53.3 Å². The number of benzene rings is 2. The van der Waals surface area contributed by atoms with Crippen LogP contribution in [-0.2, 0) is 14.8 Å². The summed E-state index contributed by atoms with van der Waals surface area (Å²) in [5, 5.41) is 0.344. The van der Waals surface area contributed by atoms with E-state index in [1.54, 1.807) is 18.2 Å². The van der Waals surface area contributed by atoms with Gasteiger partial charge in [-0.3, -0.25) is 9.52 Å². The summed E-state index contributed by atoms with van der Waals surface area (Å²) in [5.41, 5.74) is 0.183. The molecule has 0 aromatic heterocycles. The summed E-state index contributed by atoms with van der Waals surface area (Å²) < 4.78 is 50.4. The van der Waals surface area contributed by atoms with Gasteiger partial charge >= 0.3 is 0 Å². The average molecular weight is 483 g/mol. The minimum absolute atomic E-state index is 0.0373. The first-order valence-electron chi connectivity index (χ1n) is 10.3. The molecule has 2 aromatic carbocycles. The lowest BCUT2D eigenvalue weighted by molar-refractivity contribution is -0.139. The Morgan fingerprint density at radius 3 is 2.44 bits per heavy atom. The number of fused-ring (bicyclic) bond motifs is 2. The quantitative estimate of drug-likeness (QED) is 0.648. The number of ether oxygens (including phenoxy) is 2. The minimum atomic E-state index is -3.54. The molecule has 0 spiro atoms. The van der Waals surface area contributed by atoms with E-state index >= 15 is 0 Å². The maximum Gasteiger partial charge on any atom is 0.261 e. The number of rotatable bonds is 7. The van der Waals surface area contributed by atoms with E-state index in [2.05, 4.69) is 4.72 Å². The second-order valence-electron chi connectivity index (χ2n) is 8.15. The lowest BCUT2D eigenvalue weighted by Crippen LogP contribution is -2.50. The molecule has 10 heteroatoms. The van der Waals surface area contributed by atoms with Crippen LogP contribution < -0.4 is 14.2 Å². The van der Waals surface area contributed by atoms with Crippen molar-refractivity contribution in [2.45, 2.75) is 43.9 Å². The van der Waals surface area contributed by atoms with Crippen LogP contribution in [0.3, 0.4) is 0 Å². The van der Waals surface area contributed by atoms with Crippen molar-refractivity contribution in [3.8, 4) is 11.5 Å². The van der Waals surface area contributed by atoms with Crippen molar-refractivity contribution in [1.82, 2.24) is 4.90 Å². The first kappa shape index (κ1) is 22.7. The fourth-order valence-corrected chi connectivity index (χ4v) is 5.19. The number of carbonyl (C=O) groups is 1. The molecule has 1 N–H and O–H groups in total. The van der Waals surface area contributed by atoms with Gasteiger partial charge in [0.2, 0.25) is 10.0 Å². The molecule has 2 saturated heterocycles. The number of anilines is 1. The normalized spacial score (nSPS) is 22.5. The zero-order chi connectivity index (χ0) is 22.9. The number of amides is 1. The minimum Gasteiger partial charge on any atom is -0.490 e. The smallest absolute Gasteiger partial charge is 0.261 e. The van der Waals surface area contributed by atoms with Gasteiger partial charge in [-0.25, -0.2) is 12.8 Å². The molecule has 0 radical (unpaired) electrons. The topological polar surface area (TPSA) is 84.9 Å². The molecule has 2 bridgehead atoms. The molecule has 1 unspecified atom stereocenters. The Morgan fingerprint density at radius 1 is 1.16 bits per heavy atom. The zero-order valence-corrected chi connectivity index (χ0v) is 19.0. The first-order chi connectivity index (χ1) is 15.2. The molecule has 3 atom stereocenters. The van der Waals surface area contributed by atoms with Gasteiger partial charge in [0.25, 0.3) is 5.91 Å². The van der Waals surface area contributed by atoms with Crippen LogP contribution in [0, 0.1) is 5.82 Å². The summed E-state index contributed by atoms with van der Waals surface area (Å²) in [6, 6.07) is 10.6. The van der Waals surface area contributed by atoms with Crippen LogP contribution in [-0.4, -0.2) is 50.3 Å². The molecule has 2 heterocycles. The van der Waals surface area contributed by atoms with Gasteiger partial charge in [-0.1, -0.05) is 11.6 Å². The van der Waals surface area contributed by atoms with Crippen LogP contribution in [0.4, 0.5) is 10.1 Å². The van der Waals surface area contributed by atoms with E-state index in [1.807, 2.05) is 4.90 Å². The molecule has 32 heavy (non-hydrogen) atoms. The highest BCUT2D eigenvalue weighted by Gasteiger charge is 2.44. The molecule has 2 fully saturated rings. The maximum atomic E-state index is 13.1. The van der Waals surface area contributed by atoms with E-state index in [0.29, 0.717) is 23.6 Å². The van der Waals surface area contributed by atoms with Crippen LogP contribution in [0.5, 0.6) is 11.5 Å². The Morgan fingerprint density at radius 2 is 1.81 bits per heavy atom. The molecule has 1 amide bonds. The van der Waals surface area contributed by atoms with Gasteiger partial charge in [0.1, 0.15) is 23.4 Å². The second-order valence-corrected chi connectivity index (χ2v) is 10.3. The number of hydrogen-bond donors (Lipinski definition) is 1. The third kappa shape index (κ3) is 5.45. The number of carbonyl (C=O) groups excluding carboxylic acids is 1. The Kier molecular flexibility index (Phi) is 6.48. The number of piperidine rings is 1. The van der Waals surface area contributed by atoms with Crippen LogP contribution in [0.1, 0.15) is 25.7 Å². The van der Waals surface area contributed by atoms with Crippen LogP contribution in [0.15, 0.2) is 42.5 Å². The van der Waals surface area contributed by atoms with Crippen molar-refractivity contribution >= 4 is 33.2 Å². The van der Waals surface area contributed by atoms with Gasteiger partial charge < -0.3 is 14.4 Å². The predicted molar refractivity (Wildman–Crippen MR) is 119 cm³/mol. The standard InChI is InChI=1S/C22H24ClFN2O5S/c1-32(28,29)25-20-10-14(23)2-9-21(20)30-13-22(27)26-16-5-6-17(26)12-19(11-16)31-18-7-3-15(24)4-8-18/h2-4,7-10,16-17,19,25H,5-6,11-13H2,1H3/t16-,17+,19?. The summed E-state index contributed by atoms with van der Waals surface area (Å²) in [4.78, 5) is 14.8. The highest BCUT2D eigenvalue weighted by atomic mass is 35.5. The summed E-state index contributed by atoms with van der Waals surface area (Å²) in [6.07, 6.45) is 4.16. The first-order valence-corrected chi connectivity index (χ1v) is 12.6. The van der Waals surface area contributed by atoms with Crippen molar-refractivity contribution in [3.63, 3.8) is 0 Å². The molecule has 2 aliphatic heterocycles. The highest BCUT2D eigenvalue weighted by Crippen LogP contribution is 2.37. The van der Waals surface area contributed by atoms with Gasteiger partial charge in [-0.2, -0.15) is 0 Å². The number of sulfonamides is 1. The molecule has 0 aliphatic carbocycles. The summed E-state index contributed by atoms with van der Waals surface area (Å²) >= 11 is 5.96. The Bertz CT molecular complexity index is 1080. The lowest BCUT2D eigenvalue weighted by Gasteiger charge is -2.38. The fraction of sp³-hybridized carbons (Fsp3) is 0.409. The molecular formula is C22H24ClFN2O5S. The Balaban J connectivity index is 1.38. The highest BCUT2D eigenvalue weighted by molar-refractivity contribution is 7.92. The van der Waals surface area contributed by atoms with Gasteiger partial charge in [-0.05, 0) is 55.3 Å². The van der Waals surface area contributed by atoms with Gasteiger partial charge in [0.05, 0.1) is 11.9 Å². The van der Waals surface area contributed by atoms with Crippen LogP contribution in [0.25, 0.3) is 0 Å². The SMILES string of the molecule is CS(=O)(=O)Nc1cc(Cl)ccc1OCC(=O)N1[C@@H]2CC[C@H]1CC(Oc1ccc(F)cc1)C2. The molecule has 2 aromatic rings. The van der Waals surface area contributed by atoms with E-state index in [-0.39, 0.29) is 48.0 Å². The summed E-state index contributed by atoms with van der Waals surface area (Å²) in [7, 11) is -3.54. The molecule has 7 nitrogen and oxygen atoms in total. The number of nitrogens with zero attached hydrogens (tertiary/aromatic N) is 1. The van der Waals surface area contributed by atoms with E-state index < -0.39 is 10.0 Å². The van der Waals surface area contributed by atoms with Gasteiger partial charge in [-0.15, -0.1) is 0 Å². The summed E-state index contributed by atoms with van der Waals surface area (Å²) in [6.45, 7) is -0.212. The zero-order valence-electron chi connectivity index (χ0n) is 17.5. The van der Waals surface area contributed by atoms with Crippen molar-refractivity contribution in [2.24, 2.45) is 0 Å². The number of nitrogens with one attached hydrogen (secondary N) is 1. The lowest BCUT2D eigenvalue weighted by atomic mass is 9.99. The molecule has 4 rings (SSSR count). The maximum absolute atomic E-state index is 13.1. The number of halogens is 2. The van der Waals surface area contributed by atoms with E-state index in [4.69, 9.17) is 21.1 Å². The monoisotopic (exact) mass is 482 g/mol. The largest absolute Gasteiger partial charge is 0.490 e. The van der Waals surface area contributed by atoms with Crippen LogP contribution in [0.2, 0.25) is 5.02 Å². The van der Waals surface area contributed by atoms with Crippen molar-refractivity contribution in [2.75, 3.05) is 17.6 Å². The Labute approximate surface area is 191 Å². The van der Waals surface area contributed by atoms with E-state index in [0.717, 1.165) is 19.1 Å². The van der Waals surface area contributed by atoms with Crippen molar-refractivity contribution < 1.29 is 27.1 Å². The number of hydrogen-bond acceptors (Lipinski definition) is 5. The fourth-order valence-electron chi connectivity index (χ4n) is 4.46. The predicted octanol–water partition coefficient (Wildman–Crippen LogP) is 3.83. The van der Waals surface area contributed by atoms with Gasteiger partial charge in [0.15, 0.2) is 6.61 Å². The Hall–Kier alpha value is -2.52. The molecular weight excluding hydrogens is 459 g/mol. The third-order valence-electron chi connectivity index (χ3n) is 5.68. The third-order valence-corrected chi connectivity index (χ3v) is 6.51. The summed E-state index contributed by atoms with van der Waals surface area (Å²) in [5.74, 6) is 0.383.